The molecule has 2 aromatic rings. The first kappa shape index (κ1) is 16.5. The van der Waals surface area contributed by atoms with Gasteiger partial charge in [0.15, 0.2) is 10.3 Å². The maximum atomic E-state index is 4.81. The molecule has 3 aliphatic heterocycles. The smallest absolute Gasteiger partial charge is 0.173 e. The van der Waals surface area contributed by atoms with Crippen molar-refractivity contribution in [1.29, 1.82) is 0 Å². The Morgan fingerprint density at radius 2 is 2.12 bits per heavy atom. The molecule has 0 radical (unpaired) electrons. The lowest BCUT2D eigenvalue weighted by Crippen LogP contribution is -2.27. The fourth-order valence-electron chi connectivity index (χ4n) is 3.10. The summed E-state index contributed by atoms with van der Waals surface area (Å²) in [6.45, 7) is 1.63. The van der Waals surface area contributed by atoms with Gasteiger partial charge in [-0.15, -0.1) is 0 Å². The highest BCUT2D eigenvalue weighted by Crippen LogP contribution is 2.39. The van der Waals surface area contributed by atoms with E-state index < -0.39 is 0 Å². The standard InChI is InChI=1S/C19H15BrN4S2/c20-14-6-5-13-9-24-15(11-26-19(24)23-17(13)7-14)10-25-18-21-8-12-3-1-2-4-16(12)22-18/h1-7,11H,8-10H2,(H,21,22). The van der Waals surface area contributed by atoms with Crippen molar-refractivity contribution in [2.75, 3.05) is 11.1 Å². The lowest BCUT2D eigenvalue weighted by Gasteiger charge is -2.27. The van der Waals surface area contributed by atoms with E-state index in [-0.39, 0.29) is 0 Å². The topological polar surface area (TPSA) is 40.0 Å². The number of benzene rings is 2. The van der Waals surface area contributed by atoms with Crippen molar-refractivity contribution in [3.8, 4) is 0 Å². The SMILES string of the molecule is Brc1ccc2c(c1)N=C1SC=C(CSC3=NCc4ccccc4N3)N1C2. The highest BCUT2D eigenvalue weighted by Gasteiger charge is 2.28. The first-order valence-electron chi connectivity index (χ1n) is 8.29. The summed E-state index contributed by atoms with van der Waals surface area (Å²) in [4.78, 5) is 11.8. The van der Waals surface area contributed by atoms with Crippen molar-refractivity contribution in [3.63, 3.8) is 0 Å². The fourth-order valence-corrected chi connectivity index (χ4v) is 5.33. The number of halogens is 1. The molecule has 26 heavy (non-hydrogen) atoms. The average molecular weight is 443 g/mol. The van der Waals surface area contributed by atoms with Gasteiger partial charge in [-0.3, -0.25) is 4.99 Å². The van der Waals surface area contributed by atoms with Crippen molar-refractivity contribution >= 4 is 61.2 Å². The van der Waals surface area contributed by atoms with Crippen LogP contribution in [0.1, 0.15) is 11.1 Å². The van der Waals surface area contributed by atoms with Crippen molar-refractivity contribution in [2.45, 2.75) is 13.1 Å². The molecule has 0 spiro atoms. The molecule has 3 aliphatic rings. The summed E-state index contributed by atoms with van der Waals surface area (Å²) in [5, 5.41) is 7.70. The Labute approximate surface area is 169 Å². The normalized spacial score (nSPS) is 17.4. The maximum absolute atomic E-state index is 4.81. The van der Waals surface area contributed by atoms with Crippen LogP contribution in [0.5, 0.6) is 0 Å². The van der Waals surface area contributed by atoms with Crippen LogP contribution in [0.4, 0.5) is 11.4 Å². The summed E-state index contributed by atoms with van der Waals surface area (Å²) < 4.78 is 1.07. The molecule has 0 saturated carbocycles. The van der Waals surface area contributed by atoms with Gasteiger partial charge in [-0.05, 0) is 34.7 Å². The molecular weight excluding hydrogens is 428 g/mol. The van der Waals surface area contributed by atoms with Gasteiger partial charge in [0.05, 0.1) is 18.8 Å². The maximum Gasteiger partial charge on any atom is 0.173 e. The number of rotatable bonds is 2. The Kier molecular flexibility index (Phi) is 4.30. The first-order valence-corrected chi connectivity index (χ1v) is 10.9. The highest BCUT2D eigenvalue weighted by atomic mass is 79.9. The van der Waals surface area contributed by atoms with Crippen LogP contribution in [0, 0.1) is 0 Å². The first-order chi connectivity index (χ1) is 12.8. The Morgan fingerprint density at radius 1 is 1.19 bits per heavy atom. The molecule has 0 atom stereocenters. The second-order valence-corrected chi connectivity index (χ2v) is 8.89. The molecule has 0 fully saturated rings. The third-order valence-electron chi connectivity index (χ3n) is 4.48. The number of nitrogens with zero attached hydrogens (tertiary/aromatic N) is 3. The van der Waals surface area contributed by atoms with Gasteiger partial charge in [-0.25, -0.2) is 4.99 Å². The molecule has 0 aromatic heterocycles. The highest BCUT2D eigenvalue weighted by molar-refractivity contribution is 9.10. The molecular formula is C19H15BrN4S2. The van der Waals surface area contributed by atoms with E-state index in [4.69, 9.17) is 4.99 Å². The number of para-hydroxylation sites is 1. The second kappa shape index (κ2) is 6.79. The molecule has 3 heterocycles. The van der Waals surface area contributed by atoms with Crippen LogP contribution in [-0.2, 0) is 13.1 Å². The number of hydrogen-bond acceptors (Lipinski definition) is 6. The van der Waals surface area contributed by atoms with E-state index in [9.17, 15) is 0 Å². The largest absolute Gasteiger partial charge is 0.335 e. The predicted octanol–water partition coefficient (Wildman–Crippen LogP) is 5.56. The minimum absolute atomic E-state index is 0.748. The van der Waals surface area contributed by atoms with Gasteiger partial charge in [-0.1, -0.05) is 63.7 Å². The van der Waals surface area contributed by atoms with E-state index in [1.165, 1.54) is 22.5 Å². The zero-order valence-corrected chi connectivity index (χ0v) is 17.0. The molecule has 2 aromatic carbocycles. The van der Waals surface area contributed by atoms with Gasteiger partial charge < -0.3 is 10.2 Å². The molecule has 5 rings (SSSR count). The van der Waals surface area contributed by atoms with Crippen molar-refractivity contribution in [3.05, 3.63) is 69.2 Å². The zero-order chi connectivity index (χ0) is 17.5. The van der Waals surface area contributed by atoms with Gasteiger partial charge in [0, 0.05) is 21.6 Å². The monoisotopic (exact) mass is 442 g/mol. The molecule has 0 unspecified atom stereocenters. The second-order valence-electron chi connectivity index (χ2n) is 6.17. The minimum Gasteiger partial charge on any atom is -0.335 e. The molecule has 0 aliphatic carbocycles. The number of aliphatic imine (C=N–C) groups is 2. The van der Waals surface area contributed by atoms with E-state index >= 15 is 0 Å². The Morgan fingerprint density at radius 3 is 3.08 bits per heavy atom. The van der Waals surface area contributed by atoms with Crippen LogP contribution in [0.2, 0.25) is 0 Å². The van der Waals surface area contributed by atoms with Gasteiger partial charge in [0.25, 0.3) is 0 Å². The van der Waals surface area contributed by atoms with Crippen LogP contribution in [0.25, 0.3) is 0 Å². The average Bonchev–Trinajstić information content (AvgIpc) is 3.06. The van der Waals surface area contributed by atoms with Crippen LogP contribution >= 0.6 is 39.5 Å². The van der Waals surface area contributed by atoms with Crippen LogP contribution in [0.3, 0.4) is 0 Å². The van der Waals surface area contributed by atoms with Gasteiger partial charge in [0.2, 0.25) is 0 Å². The molecule has 4 nitrogen and oxygen atoms in total. The summed E-state index contributed by atoms with van der Waals surface area (Å²) in [6, 6.07) is 14.7. The van der Waals surface area contributed by atoms with Crippen LogP contribution in [-0.4, -0.2) is 21.0 Å². The van der Waals surface area contributed by atoms with Crippen LogP contribution < -0.4 is 5.32 Å². The number of fused-ring (bicyclic) bond motifs is 3. The summed E-state index contributed by atoms with van der Waals surface area (Å²) in [5.74, 6) is 0.881. The fraction of sp³-hybridized carbons (Fsp3) is 0.158. The molecule has 0 saturated heterocycles. The van der Waals surface area contributed by atoms with Crippen molar-refractivity contribution < 1.29 is 0 Å². The molecule has 130 valence electrons. The Hall–Kier alpha value is -1.70. The quantitative estimate of drug-likeness (QED) is 0.660. The zero-order valence-electron chi connectivity index (χ0n) is 13.8. The molecule has 0 bridgehead atoms. The van der Waals surface area contributed by atoms with E-state index in [2.05, 4.69) is 79.0 Å². The van der Waals surface area contributed by atoms with Gasteiger partial charge in [-0.2, -0.15) is 0 Å². The number of thioether (sulfide) groups is 2. The summed E-state index contributed by atoms with van der Waals surface area (Å²) in [6.07, 6.45) is 0. The van der Waals surface area contributed by atoms with Crippen molar-refractivity contribution in [2.24, 2.45) is 9.98 Å². The predicted molar refractivity (Wildman–Crippen MR) is 116 cm³/mol. The number of nitrogens with one attached hydrogen (secondary N) is 1. The molecule has 0 amide bonds. The van der Waals surface area contributed by atoms with Gasteiger partial charge >= 0.3 is 0 Å². The summed E-state index contributed by atoms with van der Waals surface area (Å²) in [7, 11) is 0. The third kappa shape index (κ3) is 3.08. The number of hydrogen-bond donors (Lipinski definition) is 1. The van der Waals surface area contributed by atoms with Gasteiger partial charge in [0.1, 0.15) is 0 Å². The van der Waals surface area contributed by atoms with Crippen LogP contribution in [0.15, 0.2) is 68.0 Å². The van der Waals surface area contributed by atoms with E-state index in [0.29, 0.717) is 0 Å². The number of anilines is 1. The lowest BCUT2D eigenvalue weighted by atomic mass is 10.1. The van der Waals surface area contributed by atoms with E-state index in [1.54, 1.807) is 23.5 Å². The number of amidine groups is 2. The van der Waals surface area contributed by atoms with E-state index in [1.807, 2.05) is 0 Å². The third-order valence-corrected chi connectivity index (χ3v) is 6.83. The Bertz CT molecular complexity index is 983. The Balaban J connectivity index is 1.27. The minimum atomic E-state index is 0.748. The summed E-state index contributed by atoms with van der Waals surface area (Å²) >= 11 is 6.98. The summed E-state index contributed by atoms with van der Waals surface area (Å²) in [5.41, 5.74) is 6.03. The molecule has 1 N–H and O–H groups in total. The van der Waals surface area contributed by atoms with Crippen molar-refractivity contribution in [1.82, 2.24) is 4.90 Å². The van der Waals surface area contributed by atoms with E-state index in [0.717, 1.165) is 39.3 Å². The lowest BCUT2D eigenvalue weighted by molar-refractivity contribution is 0.519. The molecule has 7 heteroatoms.